The van der Waals surface area contributed by atoms with E-state index in [1.54, 1.807) is 12.1 Å². The summed E-state index contributed by atoms with van der Waals surface area (Å²) in [6, 6.07) is 3.45. The van der Waals surface area contributed by atoms with E-state index in [2.05, 4.69) is 20.2 Å². The van der Waals surface area contributed by atoms with Crippen LogP contribution in [0.4, 0.5) is 0 Å². The molecule has 2 rings (SSSR count). The molecule has 88 valence electrons. The molecule has 0 unspecified atom stereocenters. The van der Waals surface area contributed by atoms with Crippen molar-refractivity contribution >= 4 is 11.6 Å². The van der Waals surface area contributed by atoms with Crippen LogP contribution in [-0.4, -0.2) is 27.3 Å². The Morgan fingerprint density at radius 3 is 2.41 bits per heavy atom. The van der Waals surface area contributed by atoms with Gasteiger partial charge in [-0.3, -0.25) is 0 Å². The molecule has 0 aliphatic heterocycles. The molecule has 0 radical (unpaired) electrons. The minimum Gasteiger partial charge on any atom is -0.480 e. The van der Waals surface area contributed by atoms with Gasteiger partial charge in [-0.2, -0.15) is 0 Å². The summed E-state index contributed by atoms with van der Waals surface area (Å²) in [5.41, 5.74) is 2.27. The first-order valence-electron chi connectivity index (χ1n) is 5.00. The second-order valence-electron chi connectivity index (χ2n) is 3.51. The van der Waals surface area contributed by atoms with Crippen LogP contribution in [0.3, 0.4) is 0 Å². The highest BCUT2D eigenvalue weighted by atomic mass is 35.5. The summed E-state index contributed by atoms with van der Waals surface area (Å²) in [4.78, 5) is 8.49. The Balaban J connectivity index is 2.45. The molecular formula is C11H11ClN4O. The van der Waals surface area contributed by atoms with Crippen LogP contribution in [0.5, 0.6) is 5.88 Å². The standard InChI is InChI=1S/C11H11ClN4O/c1-6-7(2)13-11(14-10(6)12)8-4-5-9(17-3)16-15-8/h4-5H,1-3H3. The molecular weight excluding hydrogens is 240 g/mol. The topological polar surface area (TPSA) is 60.8 Å². The van der Waals surface area contributed by atoms with Crippen LogP contribution in [0.1, 0.15) is 11.3 Å². The van der Waals surface area contributed by atoms with Crippen molar-refractivity contribution in [3.8, 4) is 17.4 Å². The molecule has 0 aliphatic rings. The number of hydrogen-bond acceptors (Lipinski definition) is 5. The maximum atomic E-state index is 6.00. The minimum absolute atomic E-state index is 0.435. The molecule has 6 heteroatoms. The first-order valence-corrected chi connectivity index (χ1v) is 5.38. The highest BCUT2D eigenvalue weighted by molar-refractivity contribution is 6.30. The van der Waals surface area contributed by atoms with E-state index in [1.165, 1.54) is 7.11 Å². The second kappa shape index (κ2) is 4.63. The smallest absolute Gasteiger partial charge is 0.233 e. The van der Waals surface area contributed by atoms with Gasteiger partial charge in [-0.05, 0) is 19.9 Å². The molecule has 0 saturated carbocycles. The van der Waals surface area contributed by atoms with Crippen LogP contribution >= 0.6 is 11.6 Å². The Morgan fingerprint density at radius 1 is 1.12 bits per heavy atom. The fourth-order valence-electron chi connectivity index (χ4n) is 1.26. The van der Waals surface area contributed by atoms with E-state index in [1.807, 2.05) is 13.8 Å². The Kier molecular flexibility index (Phi) is 3.19. The molecule has 0 atom stereocenters. The number of ether oxygens (including phenoxy) is 1. The fraction of sp³-hybridized carbons (Fsp3) is 0.273. The highest BCUT2D eigenvalue weighted by Crippen LogP contribution is 2.20. The number of hydrogen-bond donors (Lipinski definition) is 0. The quantitative estimate of drug-likeness (QED) is 0.765. The second-order valence-corrected chi connectivity index (χ2v) is 3.87. The largest absolute Gasteiger partial charge is 0.480 e. The zero-order valence-corrected chi connectivity index (χ0v) is 10.5. The predicted molar refractivity (Wildman–Crippen MR) is 64.1 cm³/mol. The van der Waals surface area contributed by atoms with E-state index >= 15 is 0 Å². The molecule has 5 nitrogen and oxygen atoms in total. The first-order chi connectivity index (χ1) is 8.11. The Labute approximate surface area is 104 Å². The molecule has 0 spiro atoms. The number of methoxy groups -OCH3 is 1. The lowest BCUT2D eigenvalue weighted by molar-refractivity contribution is 0.392. The molecule has 0 aliphatic carbocycles. The van der Waals surface area contributed by atoms with Crippen molar-refractivity contribution < 1.29 is 4.74 Å². The van der Waals surface area contributed by atoms with Crippen LogP contribution in [0.2, 0.25) is 5.15 Å². The average molecular weight is 251 g/mol. The summed E-state index contributed by atoms with van der Waals surface area (Å²) in [5, 5.41) is 8.27. The van der Waals surface area contributed by atoms with E-state index in [9.17, 15) is 0 Å². The van der Waals surface area contributed by atoms with E-state index in [0.29, 0.717) is 22.6 Å². The number of halogens is 1. The monoisotopic (exact) mass is 250 g/mol. The number of aromatic nitrogens is 4. The Bertz CT molecular complexity index is 519. The van der Waals surface area contributed by atoms with Crippen LogP contribution in [0.25, 0.3) is 11.5 Å². The highest BCUT2D eigenvalue weighted by Gasteiger charge is 2.09. The maximum absolute atomic E-state index is 6.00. The van der Waals surface area contributed by atoms with Gasteiger partial charge in [0.25, 0.3) is 0 Å². The molecule has 2 heterocycles. The SMILES string of the molecule is COc1ccc(-c2nc(C)c(C)c(Cl)n2)nn1. The summed E-state index contributed by atoms with van der Waals surface area (Å²) in [5.74, 6) is 0.914. The fourth-order valence-corrected chi connectivity index (χ4v) is 1.47. The Hall–Kier alpha value is -1.75. The molecule has 0 saturated heterocycles. The van der Waals surface area contributed by atoms with Crippen LogP contribution in [0.15, 0.2) is 12.1 Å². The van der Waals surface area contributed by atoms with E-state index in [0.717, 1.165) is 11.3 Å². The van der Waals surface area contributed by atoms with Crippen LogP contribution < -0.4 is 4.74 Å². The molecule has 0 fully saturated rings. The number of nitrogens with zero attached hydrogens (tertiary/aromatic N) is 4. The van der Waals surface area contributed by atoms with Gasteiger partial charge in [-0.25, -0.2) is 9.97 Å². The molecule has 2 aromatic heterocycles. The van der Waals surface area contributed by atoms with E-state index < -0.39 is 0 Å². The lowest BCUT2D eigenvalue weighted by atomic mass is 10.2. The third-order valence-corrected chi connectivity index (χ3v) is 2.78. The average Bonchev–Trinajstić information content (AvgIpc) is 2.35. The van der Waals surface area contributed by atoms with Gasteiger partial charge in [0.1, 0.15) is 10.8 Å². The molecule has 0 amide bonds. The third kappa shape index (κ3) is 2.34. The number of rotatable bonds is 2. The van der Waals surface area contributed by atoms with Crippen molar-refractivity contribution in [2.75, 3.05) is 7.11 Å². The van der Waals surface area contributed by atoms with Gasteiger partial charge in [-0.1, -0.05) is 11.6 Å². The van der Waals surface area contributed by atoms with Gasteiger partial charge in [0, 0.05) is 17.3 Å². The zero-order chi connectivity index (χ0) is 12.4. The van der Waals surface area contributed by atoms with Crippen molar-refractivity contribution in [1.82, 2.24) is 20.2 Å². The Morgan fingerprint density at radius 2 is 1.88 bits per heavy atom. The van der Waals surface area contributed by atoms with Gasteiger partial charge in [0.05, 0.1) is 7.11 Å². The summed E-state index contributed by atoms with van der Waals surface area (Å²) in [7, 11) is 1.53. The van der Waals surface area contributed by atoms with Crippen molar-refractivity contribution in [1.29, 1.82) is 0 Å². The minimum atomic E-state index is 0.435. The van der Waals surface area contributed by atoms with E-state index in [4.69, 9.17) is 16.3 Å². The lowest BCUT2D eigenvalue weighted by Gasteiger charge is -2.05. The first kappa shape index (κ1) is 11.7. The lowest BCUT2D eigenvalue weighted by Crippen LogP contribution is -1.99. The normalized spacial score (nSPS) is 10.4. The van der Waals surface area contributed by atoms with E-state index in [-0.39, 0.29) is 0 Å². The number of aryl methyl sites for hydroxylation is 1. The van der Waals surface area contributed by atoms with Crippen LogP contribution in [0, 0.1) is 13.8 Å². The van der Waals surface area contributed by atoms with Gasteiger partial charge in [0.2, 0.25) is 5.88 Å². The van der Waals surface area contributed by atoms with Gasteiger partial charge >= 0.3 is 0 Å². The summed E-state index contributed by atoms with van der Waals surface area (Å²) in [6.45, 7) is 3.75. The van der Waals surface area contributed by atoms with Gasteiger partial charge in [0.15, 0.2) is 5.82 Å². The predicted octanol–water partition coefficient (Wildman–Crippen LogP) is 2.21. The van der Waals surface area contributed by atoms with Crippen molar-refractivity contribution in [2.45, 2.75) is 13.8 Å². The van der Waals surface area contributed by atoms with Crippen molar-refractivity contribution in [3.05, 3.63) is 28.5 Å². The summed E-state index contributed by atoms with van der Waals surface area (Å²) >= 11 is 6.00. The molecule has 17 heavy (non-hydrogen) atoms. The third-order valence-electron chi connectivity index (χ3n) is 2.41. The molecule has 0 bridgehead atoms. The van der Waals surface area contributed by atoms with Gasteiger partial charge in [-0.15, -0.1) is 10.2 Å². The van der Waals surface area contributed by atoms with Crippen molar-refractivity contribution in [3.63, 3.8) is 0 Å². The van der Waals surface area contributed by atoms with Crippen LogP contribution in [-0.2, 0) is 0 Å². The summed E-state index contributed by atoms with van der Waals surface area (Å²) < 4.78 is 4.93. The molecule has 0 aromatic carbocycles. The molecule has 0 N–H and O–H groups in total. The summed E-state index contributed by atoms with van der Waals surface area (Å²) in [6.07, 6.45) is 0. The van der Waals surface area contributed by atoms with Crippen molar-refractivity contribution in [2.24, 2.45) is 0 Å². The van der Waals surface area contributed by atoms with Gasteiger partial charge < -0.3 is 4.74 Å². The maximum Gasteiger partial charge on any atom is 0.233 e. The zero-order valence-electron chi connectivity index (χ0n) is 9.73. The molecule has 2 aromatic rings.